The number of ketones is 1. The lowest BCUT2D eigenvalue weighted by Crippen LogP contribution is -2.12. The van der Waals surface area contributed by atoms with Crippen LogP contribution in [0.25, 0.3) is 0 Å². The van der Waals surface area contributed by atoms with Gasteiger partial charge in [-0.1, -0.05) is 24.3 Å². The standard InChI is InChI=1S/C14H18O3S/c1-3-17-14(16)8-13(15)10-18-9-12-7-5-4-6-11(12)2/h4-7H,3,8-10H2,1-2H3. The summed E-state index contributed by atoms with van der Waals surface area (Å²) in [6.07, 6.45) is -0.116. The number of hydrogen-bond acceptors (Lipinski definition) is 4. The second kappa shape index (κ2) is 7.93. The van der Waals surface area contributed by atoms with E-state index in [-0.39, 0.29) is 12.2 Å². The average Bonchev–Trinajstić information content (AvgIpc) is 2.31. The van der Waals surface area contributed by atoms with Crippen LogP contribution >= 0.6 is 11.8 Å². The Bertz CT molecular complexity index is 415. The van der Waals surface area contributed by atoms with Crippen molar-refractivity contribution >= 4 is 23.5 Å². The minimum absolute atomic E-state index is 0.0768. The molecule has 0 heterocycles. The second-order valence-electron chi connectivity index (χ2n) is 3.94. The summed E-state index contributed by atoms with van der Waals surface area (Å²) >= 11 is 1.53. The number of carbonyl (C=O) groups excluding carboxylic acids is 2. The molecule has 0 saturated heterocycles. The van der Waals surface area contributed by atoms with E-state index >= 15 is 0 Å². The summed E-state index contributed by atoms with van der Waals surface area (Å²) in [4.78, 5) is 22.6. The van der Waals surface area contributed by atoms with Gasteiger partial charge in [0.25, 0.3) is 0 Å². The van der Waals surface area contributed by atoms with Crippen LogP contribution in [0.5, 0.6) is 0 Å². The maximum atomic E-state index is 11.5. The highest BCUT2D eigenvalue weighted by atomic mass is 32.2. The number of carbonyl (C=O) groups is 2. The first kappa shape index (κ1) is 14.8. The van der Waals surface area contributed by atoms with Crippen LogP contribution in [0.15, 0.2) is 24.3 Å². The molecule has 0 atom stereocenters. The molecular weight excluding hydrogens is 248 g/mol. The van der Waals surface area contributed by atoms with Crippen LogP contribution in [0.2, 0.25) is 0 Å². The molecule has 0 aliphatic heterocycles. The highest BCUT2D eigenvalue weighted by Crippen LogP contribution is 2.16. The molecule has 0 amide bonds. The molecule has 0 aromatic heterocycles. The zero-order chi connectivity index (χ0) is 13.4. The van der Waals surface area contributed by atoms with Crippen molar-refractivity contribution in [3.05, 3.63) is 35.4 Å². The fourth-order valence-electron chi connectivity index (χ4n) is 1.47. The fourth-order valence-corrected chi connectivity index (χ4v) is 2.45. The first-order valence-corrected chi connectivity index (χ1v) is 7.08. The first-order valence-electron chi connectivity index (χ1n) is 5.93. The molecule has 98 valence electrons. The lowest BCUT2D eigenvalue weighted by molar-refractivity contribution is -0.145. The Balaban J connectivity index is 2.28. The largest absolute Gasteiger partial charge is 0.466 e. The normalized spacial score (nSPS) is 10.1. The van der Waals surface area contributed by atoms with E-state index in [1.807, 2.05) is 12.1 Å². The van der Waals surface area contributed by atoms with Gasteiger partial charge in [-0.25, -0.2) is 0 Å². The summed E-state index contributed by atoms with van der Waals surface area (Å²) in [5.41, 5.74) is 2.45. The Morgan fingerprint density at radius 2 is 2.00 bits per heavy atom. The molecule has 3 nitrogen and oxygen atoms in total. The smallest absolute Gasteiger partial charge is 0.313 e. The number of aryl methyl sites for hydroxylation is 1. The molecule has 0 aliphatic carbocycles. The lowest BCUT2D eigenvalue weighted by atomic mass is 10.1. The molecule has 0 saturated carbocycles. The van der Waals surface area contributed by atoms with Crippen molar-refractivity contribution in [1.29, 1.82) is 0 Å². The van der Waals surface area contributed by atoms with Gasteiger partial charge in [0.15, 0.2) is 5.78 Å². The molecule has 4 heteroatoms. The van der Waals surface area contributed by atoms with E-state index in [1.54, 1.807) is 6.92 Å². The maximum Gasteiger partial charge on any atom is 0.313 e. The van der Waals surface area contributed by atoms with Crippen LogP contribution in [0.3, 0.4) is 0 Å². The predicted octanol–water partition coefficient (Wildman–Crippen LogP) is 2.75. The van der Waals surface area contributed by atoms with Gasteiger partial charge in [-0.2, -0.15) is 0 Å². The quantitative estimate of drug-likeness (QED) is 0.562. The van der Waals surface area contributed by atoms with E-state index < -0.39 is 5.97 Å². The molecule has 1 aromatic rings. The van der Waals surface area contributed by atoms with Crippen LogP contribution in [-0.4, -0.2) is 24.1 Å². The number of hydrogen-bond donors (Lipinski definition) is 0. The molecule has 0 aliphatic rings. The van der Waals surface area contributed by atoms with Gasteiger partial charge in [0, 0.05) is 5.75 Å². The Morgan fingerprint density at radius 3 is 2.67 bits per heavy atom. The predicted molar refractivity (Wildman–Crippen MR) is 73.6 cm³/mol. The minimum atomic E-state index is -0.431. The fraction of sp³-hybridized carbons (Fsp3) is 0.429. The Labute approximate surface area is 112 Å². The second-order valence-corrected chi connectivity index (χ2v) is 4.93. The number of rotatable bonds is 7. The Kier molecular flexibility index (Phi) is 6.50. The number of thioether (sulfide) groups is 1. The topological polar surface area (TPSA) is 43.4 Å². The maximum absolute atomic E-state index is 11.5. The van der Waals surface area contributed by atoms with Gasteiger partial charge < -0.3 is 4.74 Å². The van der Waals surface area contributed by atoms with Crippen molar-refractivity contribution < 1.29 is 14.3 Å². The van der Waals surface area contributed by atoms with Crippen LogP contribution in [-0.2, 0) is 20.1 Å². The Hall–Kier alpha value is -1.29. The van der Waals surface area contributed by atoms with Crippen LogP contribution in [0.4, 0.5) is 0 Å². The van der Waals surface area contributed by atoms with Crippen molar-refractivity contribution in [3.63, 3.8) is 0 Å². The number of esters is 1. The molecule has 0 spiro atoms. The summed E-state index contributed by atoms with van der Waals surface area (Å²) in [5, 5.41) is 0. The Morgan fingerprint density at radius 1 is 1.28 bits per heavy atom. The van der Waals surface area contributed by atoms with E-state index in [0.717, 1.165) is 5.75 Å². The SMILES string of the molecule is CCOC(=O)CC(=O)CSCc1ccccc1C. The molecule has 0 fully saturated rings. The molecule has 0 radical (unpaired) electrons. The van der Waals surface area contributed by atoms with Gasteiger partial charge in [0.1, 0.15) is 6.42 Å². The minimum Gasteiger partial charge on any atom is -0.466 e. The average molecular weight is 266 g/mol. The summed E-state index contributed by atoms with van der Waals surface area (Å²) < 4.78 is 4.73. The third-order valence-corrected chi connectivity index (χ3v) is 3.47. The molecule has 0 N–H and O–H groups in total. The van der Waals surface area contributed by atoms with Crippen molar-refractivity contribution in [2.75, 3.05) is 12.4 Å². The van der Waals surface area contributed by atoms with E-state index in [0.29, 0.717) is 12.4 Å². The summed E-state index contributed by atoms with van der Waals surface area (Å²) in [7, 11) is 0. The van der Waals surface area contributed by atoms with Crippen molar-refractivity contribution in [1.82, 2.24) is 0 Å². The van der Waals surface area contributed by atoms with E-state index in [2.05, 4.69) is 19.1 Å². The van der Waals surface area contributed by atoms with Gasteiger partial charge >= 0.3 is 5.97 Å². The number of benzene rings is 1. The van der Waals surface area contributed by atoms with Gasteiger partial charge in [-0.3, -0.25) is 9.59 Å². The van der Waals surface area contributed by atoms with E-state index in [9.17, 15) is 9.59 Å². The van der Waals surface area contributed by atoms with Gasteiger partial charge in [-0.05, 0) is 25.0 Å². The monoisotopic (exact) mass is 266 g/mol. The summed E-state index contributed by atoms with van der Waals surface area (Å²) in [6, 6.07) is 8.09. The number of Topliss-reactive ketones (excluding diaryl/α,β-unsaturated/α-hetero) is 1. The third kappa shape index (κ3) is 5.36. The van der Waals surface area contributed by atoms with Gasteiger partial charge in [-0.15, -0.1) is 11.8 Å². The molecule has 18 heavy (non-hydrogen) atoms. The van der Waals surface area contributed by atoms with Gasteiger partial charge in [0.05, 0.1) is 12.4 Å². The molecule has 0 unspecified atom stereocenters. The zero-order valence-corrected chi connectivity index (χ0v) is 11.6. The lowest BCUT2D eigenvalue weighted by Gasteiger charge is -2.05. The molecule has 1 aromatic carbocycles. The number of ether oxygens (including phenoxy) is 1. The first-order chi connectivity index (χ1) is 8.63. The van der Waals surface area contributed by atoms with Crippen molar-refractivity contribution in [2.24, 2.45) is 0 Å². The third-order valence-electron chi connectivity index (χ3n) is 2.43. The van der Waals surface area contributed by atoms with E-state index in [4.69, 9.17) is 4.74 Å². The van der Waals surface area contributed by atoms with Crippen molar-refractivity contribution in [3.8, 4) is 0 Å². The molecule has 1 rings (SSSR count). The summed E-state index contributed by atoms with van der Waals surface area (Å²) in [5.74, 6) is 0.639. The zero-order valence-electron chi connectivity index (χ0n) is 10.8. The molecular formula is C14H18O3S. The van der Waals surface area contributed by atoms with Gasteiger partial charge in [0.2, 0.25) is 0 Å². The van der Waals surface area contributed by atoms with Crippen molar-refractivity contribution in [2.45, 2.75) is 26.0 Å². The highest BCUT2D eigenvalue weighted by molar-refractivity contribution is 7.99. The highest BCUT2D eigenvalue weighted by Gasteiger charge is 2.10. The van der Waals surface area contributed by atoms with Crippen LogP contribution in [0, 0.1) is 6.92 Å². The van der Waals surface area contributed by atoms with Crippen LogP contribution < -0.4 is 0 Å². The van der Waals surface area contributed by atoms with Crippen LogP contribution in [0.1, 0.15) is 24.5 Å². The molecule has 0 bridgehead atoms. The summed E-state index contributed by atoms with van der Waals surface area (Å²) in [6.45, 7) is 4.11. The van der Waals surface area contributed by atoms with E-state index in [1.165, 1.54) is 22.9 Å².